The van der Waals surface area contributed by atoms with Crippen LogP contribution in [0.25, 0.3) is 0 Å². The number of likely N-dealkylation sites (tertiary alicyclic amines) is 2. The predicted octanol–water partition coefficient (Wildman–Crippen LogP) is 2.50. The molecule has 3 atom stereocenters. The van der Waals surface area contributed by atoms with Crippen LogP contribution in [0, 0.1) is 5.92 Å². The van der Waals surface area contributed by atoms with Crippen molar-refractivity contribution in [1.82, 2.24) is 14.8 Å². The summed E-state index contributed by atoms with van der Waals surface area (Å²) in [5, 5.41) is 3.92. The van der Waals surface area contributed by atoms with Gasteiger partial charge in [-0.05, 0) is 35.6 Å². The number of carbonyl (C=O) groups excluding carboxylic acids is 1. The highest BCUT2D eigenvalue weighted by molar-refractivity contribution is 7.08. The van der Waals surface area contributed by atoms with Gasteiger partial charge in [0.1, 0.15) is 0 Å². The van der Waals surface area contributed by atoms with Crippen LogP contribution in [0.15, 0.2) is 41.4 Å². The fourth-order valence-electron chi connectivity index (χ4n) is 4.21. The lowest BCUT2D eigenvalue weighted by atomic mass is 9.88. The monoisotopic (exact) mass is 357 g/mol. The number of hydrogen-bond acceptors (Lipinski definition) is 5. The number of fused-ring (bicyclic) bond motifs is 1. The second-order valence-corrected chi connectivity index (χ2v) is 7.63. The molecule has 5 nitrogen and oxygen atoms in total. The predicted molar refractivity (Wildman–Crippen MR) is 97.6 cm³/mol. The average molecular weight is 357 g/mol. The van der Waals surface area contributed by atoms with Crippen molar-refractivity contribution in [3.05, 3.63) is 52.5 Å². The summed E-state index contributed by atoms with van der Waals surface area (Å²) in [5.41, 5.74) is 2.07. The first-order valence-corrected chi connectivity index (χ1v) is 9.68. The molecule has 0 radical (unpaired) electrons. The van der Waals surface area contributed by atoms with E-state index in [1.165, 1.54) is 5.56 Å². The number of amides is 1. The molecule has 2 aromatic heterocycles. The summed E-state index contributed by atoms with van der Waals surface area (Å²) < 4.78 is 5.75. The van der Waals surface area contributed by atoms with Crippen molar-refractivity contribution >= 4 is 17.2 Å². The van der Waals surface area contributed by atoms with Crippen LogP contribution in [-0.4, -0.2) is 59.6 Å². The van der Waals surface area contributed by atoms with Crippen molar-refractivity contribution in [2.24, 2.45) is 5.92 Å². The summed E-state index contributed by atoms with van der Waals surface area (Å²) in [6.07, 6.45) is 4.82. The second kappa shape index (κ2) is 7.23. The summed E-state index contributed by atoms with van der Waals surface area (Å²) in [6, 6.07) is 6.27. The van der Waals surface area contributed by atoms with E-state index >= 15 is 0 Å². The van der Waals surface area contributed by atoms with Gasteiger partial charge in [-0.3, -0.25) is 14.7 Å². The summed E-state index contributed by atoms with van der Waals surface area (Å²) in [4.78, 5) is 21.5. The first kappa shape index (κ1) is 16.7. The second-order valence-electron chi connectivity index (χ2n) is 6.85. The highest BCUT2D eigenvalue weighted by atomic mass is 32.1. The average Bonchev–Trinajstić information content (AvgIpc) is 3.31. The quantitative estimate of drug-likeness (QED) is 0.843. The molecule has 4 rings (SSSR count). The maximum absolute atomic E-state index is 12.9. The fourth-order valence-corrected chi connectivity index (χ4v) is 4.84. The standard InChI is InChI=1S/C19H23N3O2S/c1-24-18-4-8-22(19(23)15-5-9-25-13-15)17-12-21(11-16(17)18)10-14-2-6-20-7-3-14/h2-3,5-7,9,13,16-18H,4,8,10-12H2,1H3/t16-,17+,18-/m0/s1. The van der Waals surface area contributed by atoms with Crippen molar-refractivity contribution in [2.45, 2.75) is 25.1 Å². The number of hydrogen-bond donors (Lipinski definition) is 0. The number of aromatic nitrogens is 1. The number of nitrogens with zero attached hydrogens (tertiary/aromatic N) is 3. The zero-order valence-corrected chi connectivity index (χ0v) is 15.2. The van der Waals surface area contributed by atoms with Gasteiger partial charge < -0.3 is 9.64 Å². The Hall–Kier alpha value is -1.76. The number of piperidine rings is 1. The molecule has 0 aliphatic carbocycles. The molecule has 6 heteroatoms. The molecule has 2 aromatic rings. The Morgan fingerprint density at radius 2 is 2.16 bits per heavy atom. The van der Waals surface area contributed by atoms with Gasteiger partial charge in [-0.15, -0.1) is 0 Å². The van der Waals surface area contributed by atoms with Crippen LogP contribution >= 0.6 is 11.3 Å². The van der Waals surface area contributed by atoms with Crippen LogP contribution in [0.2, 0.25) is 0 Å². The molecule has 0 N–H and O–H groups in total. The highest BCUT2D eigenvalue weighted by Crippen LogP contribution is 2.34. The van der Waals surface area contributed by atoms with E-state index in [1.807, 2.05) is 29.2 Å². The Balaban J connectivity index is 1.52. The molecule has 25 heavy (non-hydrogen) atoms. The van der Waals surface area contributed by atoms with Gasteiger partial charge in [0.05, 0.1) is 17.7 Å². The van der Waals surface area contributed by atoms with Gasteiger partial charge in [0.15, 0.2) is 0 Å². The van der Waals surface area contributed by atoms with E-state index in [1.54, 1.807) is 18.4 Å². The van der Waals surface area contributed by atoms with Crippen LogP contribution < -0.4 is 0 Å². The van der Waals surface area contributed by atoms with Crippen LogP contribution in [-0.2, 0) is 11.3 Å². The molecule has 2 aliphatic heterocycles. The van der Waals surface area contributed by atoms with E-state index in [-0.39, 0.29) is 18.1 Å². The van der Waals surface area contributed by atoms with Crippen LogP contribution in [0.3, 0.4) is 0 Å². The van der Waals surface area contributed by atoms with Gasteiger partial charge in [-0.2, -0.15) is 11.3 Å². The number of thiophene rings is 1. The van der Waals surface area contributed by atoms with Crippen molar-refractivity contribution in [2.75, 3.05) is 26.7 Å². The number of ether oxygens (including phenoxy) is 1. The molecule has 0 spiro atoms. The van der Waals surface area contributed by atoms with Crippen molar-refractivity contribution < 1.29 is 9.53 Å². The molecule has 2 fully saturated rings. The molecule has 4 heterocycles. The van der Waals surface area contributed by atoms with Crippen molar-refractivity contribution in [1.29, 1.82) is 0 Å². The van der Waals surface area contributed by atoms with Crippen molar-refractivity contribution in [3.8, 4) is 0 Å². The smallest absolute Gasteiger partial charge is 0.255 e. The molecule has 0 saturated carbocycles. The Kier molecular flexibility index (Phi) is 4.83. The first-order chi connectivity index (χ1) is 12.3. The number of rotatable bonds is 4. The first-order valence-electron chi connectivity index (χ1n) is 8.73. The number of pyridine rings is 1. The summed E-state index contributed by atoms with van der Waals surface area (Å²) in [5.74, 6) is 0.541. The topological polar surface area (TPSA) is 45.7 Å². The molecule has 2 saturated heterocycles. The Bertz CT molecular complexity index is 707. The molecule has 2 aliphatic rings. The minimum absolute atomic E-state index is 0.163. The lowest BCUT2D eigenvalue weighted by Crippen LogP contribution is -2.53. The van der Waals surface area contributed by atoms with E-state index in [4.69, 9.17) is 4.74 Å². The normalized spacial score (nSPS) is 26.6. The zero-order valence-electron chi connectivity index (χ0n) is 14.4. The molecule has 1 amide bonds. The SMILES string of the molecule is CO[C@H]1CCN(C(=O)c2ccsc2)[C@@H]2CN(Cc3ccncc3)C[C@H]12. The lowest BCUT2D eigenvalue weighted by Gasteiger charge is -2.41. The third-order valence-corrected chi connectivity index (χ3v) is 6.11. The van der Waals surface area contributed by atoms with E-state index in [0.717, 1.165) is 38.2 Å². The highest BCUT2D eigenvalue weighted by Gasteiger charge is 2.46. The Labute approximate surface area is 152 Å². The van der Waals surface area contributed by atoms with E-state index in [2.05, 4.69) is 26.9 Å². The van der Waals surface area contributed by atoms with E-state index in [9.17, 15) is 4.79 Å². The third kappa shape index (κ3) is 3.34. The maximum atomic E-state index is 12.9. The largest absolute Gasteiger partial charge is 0.381 e. The van der Waals surface area contributed by atoms with Gasteiger partial charge in [0.2, 0.25) is 0 Å². The summed E-state index contributed by atoms with van der Waals surface area (Å²) in [7, 11) is 1.80. The number of methoxy groups -OCH3 is 1. The molecule has 0 aromatic carbocycles. The van der Waals surface area contributed by atoms with Gasteiger partial charge >= 0.3 is 0 Å². The fraction of sp³-hybridized carbons (Fsp3) is 0.474. The Morgan fingerprint density at radius 1 is 1.32 bits per heavy atom. The Morgan fingerprint density at radius 3 is 2.88 bits per heavy atom. The lowest BCUT2D eigenvalue weighted by molar-refractivity contribution is -0.0156. The van der Waals surface area contributed by atoms with E-state index < -0.39 is 0 Å². The maximum Gasteiger partial charge on any atom is 0.255 e. The van der Waals surface area contributed by atoms with Crippen molar-refractivity contribution in [3.63, 3.8) is 0 Å². The molecular formula is C19H23N3O2S. The van der Waals surface area contributed by atoms with Crippen LogP contribution in [0.5, 0.6) is 0 Å². The van der Waals surface area contributed by atoms with E-state index in [0.29, 0.717) is 5.92 Å². The van der Waals surface area contributed by atoms with Crippen LogP contribution in [0.1, 0.15) is 22.3 Å². The zero-order chi connectivity index (χ0) is 17.2. The third-order valence-electron chi connectivity index (χ3n) is 5.43. The van der Waals surface area contributed by atoms with Crippen LogP contribution in [0.4, 0.5) is 0 Å². The minimum atomic E-state index is 0.163. The number of carbonyl (C=O) groups is 1. The molecule has 0 bridgehead atoms. The molecule has 0 unspecified atom stereocenters. The minimum Gasteiger partial charge on any atom is -0.381 e. The van der Waals surface area contributed by atoms with Gasteiger partial charge in [0, 0.05) is 57.0 Å². The summed E-state index contributed by atoms with van der Waals surface area (Å²) in [6.45, 7) is 3.55. The van der Waals surface area contributed by atoms with Gasteiger partial charge in [-0.1, -0.05) is 0 Å². The van der Waals surface area contributed by atoms with Gasteiger partial charge in [0.25, 0.3) is 5.91 Å². The molecule has 132 valence electrons. The molecular weight excluding hydrogens is 334 g/mol. The van der Waals surface area contributed by atoms with Gasteiger partial charge in [-0.25, -0.2) is 0 Å². The summed E-state index contributed by atoms with van der Waals surface area (Å²) >= 11 is 1.58.